The Hall–Kier alpha value is -2.48. The number of hydrogen-bond donors (Lipinski definition) is 2. The topological polar surface area (TPSA) is 68.2 Å². The van der Waals surface area contributed by atoms with E-state index in [0.29, 0.717) is 26.2 Å². The Morgan fingerprint density at radius 2 is 1.33 bits per heavy atom. The van der Waals surface area contributed by atoms with Gasteiger partial charge in [0.05, 0.1) is 32.5 Å². The van der Waals surface area contributed by atoms with Gasteiger partial charge < -0.3 is 24.1 Å². The average molecular weight is 551 g/mol. The molecule has 6 heteroatoms. The summed E-state index contributed by atoms with van der Waals surface area (Å²) in [6, 6.07) is 28.8. The Bertz CT molecular complexity index is 1060. The van der Waals surface area contributed by atoms with E-state index in [0.717, 1.165) is 11.3 Å². The maximum atomic E-state index is 11.1. The van der Waals surface area contributed by atoms with Crippen LogP contribution >= 0.6 is 0 Å². The molecule has 0 heterocycles. The van der Waals surface area contributed by atoms with Gasteiger partial charge in [-0.15, -0.1) is 0 Å². The lowest BCUT2D eigenvalue weighted by Gasteiger charge is -2.43. The first-order valence-corrected chi connectivity index (χ1v) is 15.8. The van der Waals surface area contributed by atoms with Crippen LogP contribution in [0.5, 0.6) is 5.75 Å². The van der Waals surface area contributed by atoms with E-state index < -0.39 is 20.5 Å². The molecule has 0 aliphatic heterocycles. The minimum atomic E-state index is -2.66. The summed E-state index contributed by atoms with van der Waals surface area (Å²) in [7, 11) is -1.01. The first kappa shape index (κ1) is 31.0. The smallest absolute Gasteiger partial charge is 0.261 e. The predicted octanol–water partition coefficient (Wildman–Crippen LogP) is 5.17. The van der Waals surface area contributed by atoms with Crippen LogP contribution in [-0.2, 0) is 15.8 Å². The molecular weight excluding hydrogens is 504 g/mol. The number of benzene rings is 3. The van der Waals surface area contributed by atoms with Crippen LogP contribution in [0.25, 0.3) is 0 Å². The molecule has 0 saturated carbocycles. The van der Waals surface area contributed by atoms with Gasteiger partial charge in [-0.2, -0.15) is 0 Å². The SMILES string of the molecule is COc1ccc(COC[C@H](C)[C@@H](O)[C@@H](C)[C@@H](O)CCO[Si](c2ccccc2)(c2ccccc2)C(C)(C)C)cc1. The quantitative estimate of drug-likeness (QED) is 0.271. The van der Waals surface area contributed by atoms with Crippen LogP contribution in [0.1, 0.15) is 46.6 Å². The molecule has 0 saturated heterocycles. The van der Waals surface area contributed by atoms with Crippen LogP contribution in [0.15, 0.2) is 84.9 Å². The third-order valence-corrected chi connectivity index (χ3v) is 12.7. The van der Waals surface area contributed by atoms with Crippen LogP contribution in [0.3, 0.4) is 0 Å². The van der Waals surface area contributed by atoms with Crippen LogP contribution in [0.2, 0.25) is 5.04 Å². The summed E-state index contributed by atoms with van der Waals surface area (Å²) in [4.78, 5) is 0. The Morgan fingerprint density at radius 3 is 1.82 bits per heavy atom. The Morgan fingerprint density at radius 1 is 0.795 bits per heavy atom. The van der Waals surface area contributed by atoms with Crippen molar-refractivity contribution >= 4 is 18.7 Å². The average Bonchev–Trinajstić information content (AvgIpc) is 2.95. The molecule has 39 heavy (non-hydrogen) atoms. The van der Waals surface area contributed by atoms with Gasteiger partial charge in [-0.25, -0.2) is 0 Å². The number of methoxy groups -OCH3 is 1. The van der Waals surface area contributed by atoms with Gasteiger partial charge in [0, 0.05) is 18.4 Å². The zero-order valence-electron chi connectivity index (χ0n) is 24.3. The first-order chi connectivity index (χ1) is 18.6. The van der Waals surface area contributed by atoms with Gasteiger partial charge >= 0.3 is 0 Å². The van der Waals surface area contributed by atoms with Crippen LogP contribution in [0, 0.1) is 11.8 Å². The molecule has 0 aliphatic rings. The lowest BCUT2D eigenvalue weighted by Crippen LogP contribution is -2.66. The summed E-state index contributed by atoms with van der Waals surface area (Å²) in [5, 5.41) is 24.3. The van der Waals surface area contributed by atoms with Gasteiger partial charge in [-0.05, 0) is 39.5 Å². The normalized spacial score (nSPS) is 15.4. The van der Waals surface area contributed by atoms with Gasteiger partial charge in [0.2, 0.25) is 0 Å². The van der Waals surface area contributed by atoms with E-state index in [9.17, 15) is 10.2 Å². The zero-order chi connectivity index (χ0) is 28.5. The third kappa shape index (κ3) is 7.80. The molecule has 0 unspecified atom stereocenters. The first-order valence-electron chi connectivity index (χ1n) is 13.9. The summed E-state index contributed by atoms with van der Waals surface area (Å²) < 4.78 is 18.0. The van der Waals surface area contributed by atoms with Crippen molar-refractivity contribution in [3.05, 3.63) is 90.5 Å². The number of aliphatic hydroxyl groups excluding tert-OH is 2. The molecule has 3 aromatic carbocycles. The maximum Gasteiger partial charge on any atom is 0.261 e. The van der Waals surface area contributed by atoms with Crippen LogP contribution in [0.4, 0.5) is 0 Å². The molecule has 212 valence electrons. The van der Waals surface area contributed by atoms with E-state index in [-0.39, 0.29) is 16.9 Å². The molecule has 0 radical (unpaired) electrons. The fourth-order valence-electron chi connectivity index (χ4n) is 5.29. The lowest BCUT2D eigenvalue weighted by molar-refractivity contribution is -0.0390. The van der Waals surface area contributed by atoms with Gasteiger partial charge in [0.1, 0.15) is 5.75 Å². The highest BCUT2D eigenvalue weighted by Crippen LogP contribution is 2.37. The monoisotopic (exact) mass is 550 g/mol. The molecular formula is C33H46O5Si. The Labute approximate surface area is 235 Å². The number of aliphatic hydroxyl groups is 2. The predicted molar refractivity (Wildman–Crippen MR) is 161 cm³/mol. The summed E-state index contributed by atoms with van der Waals surface area (Å²) in [5.41, 5.74) is 1.05. The fourth-order valence-corrected chi connectivity index (χ4v) is 9.87. The van der Waals surface area contributed by atoms with Crippen molar-refractivity contribution in [1.29, 1.82) is 0 Å². The number of hydrogen-bond acceptors (Lipinski definition) is 5. The van der Waals surface area contributed by atoms with Gasteiger partial charge in [0.15, 0.2) is 0 Å². The molecule has 2 N–H and O–H groups in total. The van der Waals surface area contributed by atoms with E-state index in [4.69, 9.17) is 13.9 Å². The molecule has 0 bridgehead atoms. The maximum absolute atomic E-state index is 11.1. The van der Waals surface area contributed by atoms with Crippen molar-refractivity contribution in [2.45, 2.75) is 64.9 Å². The summed E-state index contributed by atoms with van der Waals surface area (Å²) in [6.07, 6.45) is -0.937. The highest BCUT2D eigenvalue weighted by Gasteiger charge is 2.50. The molecule has 0 fully saturated rings. The lowest BCUT2D eigenvalue weighted by atomic mass is 9.88. The summed E-state index contributed by atoms with van der Waals surface area (Å²) in [6.45, 7) is 11.9. The third-order valence-electron chi connectivity index (χ3n) is 7.69. The van der Waals surface area contributed by atoms with Crippen molar-refractivity contribution < 1.29 is 24.1 Å². The Balaban J connectivity index is 1.61. The highest BCUT2D eigenvalue weighted by molar-refractivity contribution is 6.99. The molecule has 0 aromatic heterocycles. The number of rotatable bonds is 14. The second kappa shape index (κ2) is 14.2. The van der Waals surface area contributed by atoms with E-state index >= 15 is 0 Å². The van der Waals surface area contributed by atoms with E-state index in [2.05, 4.69) is 69.3 Å². The minimum absolute atomic E-state index is 0.120. The van der Waals surface area contributed by atoms with Crippen molar-refractivity contribution in [3.63, 3.8) is 0 Å². The molecule has 0 aliphatic carbocycles. The molecule has 5 nitrogen and oxygen atoms in total. The van der Waals surface area contributed by atoms with Gasteiger partial charge in [-0.3, -0.25) is 0 Å². The summed E-state index contributed by atoms with van der Waals surface area (Å²) in [5.74, 6) is 0.377. The van der Waals surface area contributed by atoms with E-state index in [1.54, 1.807) is 7.11 Å². The zero-order valence-corrected chi connectivity index (χ0v) is 25.3. The van der Waals surface area contributed by atoms with Crippen molar-refractivity contribution in [2.75, 3.05) is 20.3 Å². The van der Waals surface area contributed by atoms with Gasteiger partial charge in [-0.1, -0.05) is 107 Å². The van der Waals surface area contributed by atoms with Crippen molar-refractivity contribution in [3.8, 4) is 5.75 Å². The van der Waals surface area contributed by atoms with Gasteiger partial charge in [0.25, 0.3) is 8.32 Å². The highest BCUT2D eigenvalue weighted by atomic mass is 28.4. The van der Waals surface area contributed by atoms with E-state index in [1.165, 1.54) is 10.4 Å². The molecule has 3 rings (SSSR count). The van der Waals surface area contributed by atoms with Crippen molar-refractivity contribution in [1.82, 2.24) is 0 Å². The second-order valence-electron chi connectivity index (χ2n) is 11.6. The number of ether oxygens (including phenoxy) is 2. The van der Waals surface area contributed by atoms with Crippen LogP contribution in [-0.4, -0.2) is 51.1 Å². The standard InChI is InChI=1S/C33H46O5Si/c1-25(23-37-24-27-17-19-28(36-6)20-18-27)32(35)26(2)31(34)21-22-38-39(33(3,4)5,29-13-9-7-10-14-29)30-15-11-8-12-16-30/h7-20,25-26,31-32,34-35H,21-24H2,1-6H3/t25-,26-,31-,32+/m0/s1. The minimum Gasteiger partial charge on any atom is -0.497 e. The molecule has 3 aromatic rings. The molecule has 0 spiro atoms. The molecule has 4 atom stereocenters. The van der Waals surface area contributed by atoms with Crippen molar-refractivity contribution in [2.24, 2.45) is 11.8 Å². The molecule has 0 amide bonds. The summed E-state index contributed by atoms with van der Waals surface area (Å²) >= 11 is 0. The largest absolute Gasteiger partial charge is 0.497 e. The van der Waals surface area contributed by atoms with Crippen LogP contribution < -0.4 is 15.1 Å². The fraction of sp³-hybridized carbons (Fsp3) is 0.455. The van der Waals surface area contributed by atoms with E-state index in [1.807, 2.05) is 50.2 Å². The Kier molecular flexibility index (Phi) is 11.3. The second-order valence-corrected chi connectivity index (χ2v) is 15.9.